The molecule has 2 aliphatic rings. The van der Waals surface area contributed by atoms with E-state index in [0.717, 1.165) is 37.1 Å². The fourth-order valence-electron chi connectivity index (χ4n) is 4.52. The van der Waals surface area contributed by atoms with E-state index in [1.54, 1.807) is 43.3 Å². The number of carbonyl (C=O) groups is 2. The molecule has 37 heavy (non-hydrogen) atoms. The van der Waals surface area contributed by atoms with Crippen molar-refractivity contribution in [1.82, 2.24) is 14.6 Å². The molecule has 1 N–H and O–H groups in total. The summed E-state index contributed by atoms with van der Waals surface area (Å²) in [5.41, 5.74) is 4.99. The van der Waals surface area contributed by atoms with Gasteiger partial charge in [-0.3, -0.25) is 9.59 Å². The first-order chi connectivity index (χ1) is 17.7. The first-order valence-corrected chi connectivity index (χ1v) is 14.1. The molecule has 2 amide bonds. The van der Waals surface area contributed by atoms with Crippen LogP contribution in [0.3, 0.4) is 0 Å². The van der Waals surface area contributed by atoms with Crippen LogP contribution in [0, 0.1) is 12.8 Å². The van der Waals surface area contributed by atoms with Gasteiger partial charge in [0.1, 0.15) is 5.75 Å². The number of nitrogens with zero attached hydrogens (tertiary/aromatic N) is 3. The van der Waals surface area contributed by atoms with Gasteiger partial charge in [-0.25, -0.2) is 13.8 Å². The lowest BCUT2D eigenvalue weighted by molar-refractivity contribution is -0.132. The average molecular weight is 527 g/mol. The maximum absolute atomic E-state index is 13.0. The van der Waals surface area contributed by atoms with Crippen LogP contribution in [0.4, 0.5) is 0 Å². The number of carbonyl (C=O) groups excluding carboxylic acids is 2. The number of rotatable bonds is 8. The van der Waals surface area contributed by atoms with Crippen LogP contribution in [0.1, 0.15) is 43.7 Å². The lowest BCUT2D eigenvalue weighted by Gasteiger charge is -2.30. The Labute approximate surface area is 218 Å². The third-order valence-corrected chi connectivity index (χ3v) is 8.72. The standard InChI is InChI=1S/C27H34N4O5S/c1-20-7-13-25(14-8-20)37(34,35)31-17-5-6-23(18-31)27(33)29-28-21(2)22-9-11-24(12-10-22)36-19-26(32)30-15-3-4-16-30/h7-14,23H,3-6,15-19H2,1-2H3,(H,29,33)/b28-21-/t23-/m0/s1. The maximum Gasteiger partial charge on any atom is 0.260 e. The van der Waals surface area contributed by atoms with Gasteiger partial charge in [-0.05, 0) is 81.5 Å². The van der Waals surface area contributed by atoms with E-state index >= 15 is 0 Å². The summed E-state index contributed by atoms with van der Waals surface area (Å²) in [4.78, 5) is 27.0. The molecule has 0 spiro atoms. The van der Waals surface area contributed by atoms with Gasteiger partial charge in [-0.15, -0.1) is 0 Å². The van der Waals surface area contributed by atoms with Gasteiger partial charge in [0.2, 0.25) is 15.9 Å². The minimum atomic E-state index is -3.66. The molecule has 9 nitrogen and oxygen atoms in total. The van der Waals surface area contributed by atoms with Gasteiger partial charge in [0.25, 0.3) is 5.91 Å². The number of piperidine rings is 1. The number of ether oxygens (including phenoxy) is 1. The Bertz CT molecular complexity index is 1240. The highest BCUT2D eigenvalue weighted by molar-refractivity contribution is 7.89. The van der Waals surface area contributed by atoms with Crippen molar-refractivity contribution in [2.75, 3.05) is 32.8 Å². The summed E-state index contributed by atoms with van der Waals surface area (Å²) in [6, 6.07) is 13.9. The predicted molar refractivity (Wildman–Crippen MR) is 141 cm³/mol. The highest BCUT2D eigenvalue weighted by Gasteiger charge is 2.33. The number of hydrazone groups is 1. The van der Waals surface area contributed by atoms with Gasteiger partial charge in [-0.2, -0.15) is 9.41 Å². The second-order valence-electron chi connectivity index (χ2n) is 9.59. The summed E-state index contributed by atoms with van der Waals surface area (Å²) in [5.74, 6) is -0.196. The molecule has 2 fully saturated rings. The zero-order chi connectivity index (χ0) is 26.4. The molecule has 0 saturated carbocycles. The summed E-state index contributed by atoms with van der Waals surface area (Å²) in [6.45, 7) is 5.80. The van der Waals surface area contributed by atoms with Gasteiger partial charge < -0.3 is 9.64 Å². The zero-order valence-corrected chi connectivity index (χ0v) is 22.2. The van der Waals surface area contributed by atoms with Crippen molar-refractivity contribution >= 4 is 27.5 Å². The Morgan fingerprint density at radius 2 is 1.68 bits per heavy atom. The number of benzene rings is 2. The van der Waals surface area contributed by atoms with Crippen LogP contribution in [0.5, 0.6) is 5.75 Å². The van der Waals surface area contributed by atoms with Crippen LogP contribution in [0.2, 0.25) is 0 Å². The summed E-state index contributed by atoms with van der Waals surface area (Å²) in [7, 11) is -3.66. The Morgan fingerprint density at radius 3 is 2.35 bits per heavy atom. The highest BCUT2D eigenvalue weighted by atomic mass is 32.2. The highest BCUT2D eigenvalue weighted by Crippen LogP contribution is 2.24. The predicted octanol–water partition coefficient (Wildman–Crippen LogP) is 2.94. The first kappa shape index (κ1) is 26.8. The molecule has 2 saturated heterocycles. The second kappa shape index (κ2) is 11.9. The minimum Gasteiger partial charge on any atom is -0.484 e. The van der Waals surface area contributed by atoms with E-state index < -0.39 is 15.9 Å². The number of nitrogens with one attached hydrogen (secondary N) is 1. The largest absolute Gasteiger partial charge is 0.484 e. The van der Waals surface area contributed by atoms with Crippen LogP contribution in [0.25, 0.3) is 0 Å². The molecular formula is C27H34N4O5S. The van der Waals surface area contributed by atoms with Gasteiger partial charge in [0.05, 0.1) is 16.5 Å². The lowest BCUT2D eigenvalue weighted by Crippen LogP contribution is -2.44. The van der Waals surface area contributed by atoms with Crippen molar-refractivity contribution < 1.29 is 22.7 Å². The molecule has 0 radical (unpaired) electrons. The van der Waals surface area contributed by atoms with E-state index in [1.807, 2.05) is 24.0 Å². The summed E-state index contributed by atoms with van der Waals surface area (Å²) in [6.07, 6.45) is 3.29. The molecule has 2 aliphatic heterocycles. The van der Waals surface area contributed by atoms with Crippen molar-refractivity contribution in [1.29, 1.82) is 0 Å². The SMILES string of the molecule is C/C(=N/NC(=O)[C@H]1CCCN(S(=O)(=O)c2ccc(C)cc2)C1)c1ccc(OCC(=O)N2CCCC2)cc1. The van der Waals surface area contributed by atoms with Crippen LogP contribution < -0.4 is 10.2 Å². The van der Waals surface area contributed by atoms with Gasteiger partial charge in [0, 0.05) is 26.2 Å². The van der Waals surface area contributed by atoms with E-state index in [1.165, 1.54) is 4.31 Å². The van der Waals surface area contributed by atoms with E-state index in [9.17, 15) is 18.0 Å². The number of hydrogen-bond acceptors (Lipinski definition) is 6. The van der Waals surface area contributed by atoms with Gasteiger partial charge >= 0.3 is 0 Å². The number of likely N-dealkylation sites (tertiary alicyclic amines) is 1. The lowest BCUT2D eigenvalue weighted by atomic mass is 9.99. The molecular weight excluding hydrogens is 492 g/mol. The van der Waals surface area contributed by atoms with Crippen molar-refractivity contribution in [3.05, 3.63) is 59.7 Å². The summed E-state index contributed by atoms with van der Waals surface area (Å²) >= 11 is 0. The van der Waals surface area contributed by atoms with Gasteiger partial charge in [0.15, 0.2) is 6.61 Å². The van der Waals surface area contributed by atoms with Crippen molar-refractivity contribution in [2.45, 2.75) is 44.4 Å². The van der Waals surface area contributed by atoms with Crippen LogP contribution in [-0.2, 0) is 19.6 Å². The van der Waals surface area contributed by atoms with E-state index in [4.69, 9.17) is 4.74 Å². The topological polar surface area (TPSA) is 108 Å². The van der Waals surface area contributed by atoms with Crippen LogP contribution >= 0.6 is 0 Å². The normalized spacial score (nSPS) is 19.0. The molecule has 0 bridgehead atoms. The number of amides is 2. The molecule has 2 aromatic carbocycles. The Hall–Kier alpha value is -3.24. The molecule has 0 unspecified atom stereocenters. The van der Waals surface area contributed by atoms with E-state index in [0.29, 0.717) is 30.8 Å². The number of sulfonamides is 1. The minimum absolute atomic E-state index is 0.00465. The van der Waals surface area contributed by atoms with Crippen LogP contribution in [0.15, 0.2) is 58.5 Å². The first-order valence-electron chi connectivity index (χ1n) is 12.7. The summed E-state index contributed by atoms with van der Waals surface area (Å²) < 4.78 is 33.1. The molecule has 198 valence electrons. The third-order valence-electron chi connectivity index (χ3n) is 6.84. The average Bonchev–Trinajstić information content (AvgIpc) is 3.46. The maximum atomic E-state index is 13.0. The quantitative estimate of drug-likeness (QED) is 0.420. The fraction of sp³-hybridized carbons (Fsp3) is 0.444. The second-order valence-corrected chi connectivity index (χ2v) is 11.5. The Kier molecular flexibility index (Phi) is 8.60. The van der Waals surface area contributed by atoms with Crippen molar-refractivity contribution in [3.8, 4) is 5.75 Å². The molecule has 2 aromatic rings. The van der Waals surface area contributed by atoms with Crippen molar-refractivity contribution in [3.63, 3.8) is 0 Å². The monoisotopic (exact) mass is 526 g/mol. The molecule has 0 aromatic heterocycles. The Balaban J connectivity index is 1.30. The summed E-state index contributed by atoms with van der Waals surface area (Å²) in [5, 5.41) is 4.23. The molecule has 1 atom stereocenters. The fourth-order valence-corrected chi connectivity index (χ4v) is 6.05. The smallest absolute Gasteiger partial charge is 0.260 e. The number of hydrogen-bond donors (Lipinski definition) is 1. The number of aryl methyl sites for hydroxylation is 1. The van der Waals surface area contributed by atoms with Crippen LogP contribution in [-0.4, -0.2) is 67.9 Å². The Morgan fingerprint density at radius 1 is 1.00 bits per heavy atom. The van der Waals surface area contributed by atoms with E-state index in [-0.39, 0.29) is 29.9 Å². The molecule has 2 heterocycles. The molecule has 0 aliphatic carbocycles. The van der Waals surface area contributed by atoms with Crippen molar-refractivity contribution in [2.24, 2.45) is 11.0 Å². The zero-order valence-electron chi connectivity index (χ0n) is 21.4. The van der Waals surface area contributed by atoms with Gasteiger partial charge in [-0.1, -0.05) is 17.7 Å². The molecule has 4 rings (SSSR count). The third kappa shape index (κ3) is 6.75. The molecule has 10 heteroatoms. The van der Waals surface area contributed by atoms with E-state index in [2.05, 4.69) is 10.5 Å².